The number of benzene rings is 1. The largest absolute Gasteiger partial charge is 0.469 e. The SMILES string of the molecule is N#Cc1cccnc1O[C@H]1CNCCO[C@@H]1c1ccc(Cl)c(Cl)c1. The third-order valence-electron chi connectivity index (χ3n) is 3.69. The molecule has 1 saturated heterocycles. The number of nitrogens with one attached hydrogen (secondary N) is 1. The zero-order chi connectivity index (χ0) is 16.9. The van der Waals surface area contributed by atoms with Crippen molar-refractivity contribution in [1.82, 2.24) is 10.3 Å². The van der Waals surface area contributed by atoms with Crippen LogP contribution in [0.3, 0.4) is 0 Å². The van der Waals surface area contributed by atoms with Crippen LogP contribution in [0.5, 0.6) is 5.88 Å². The summed E-state index contributed by atoms with van der Waals surface area (Å²) in [6.45, 7) is 1.81. The number of pyridine rings is 1. The molecule has 0 amide bonds. The van der Waals surface area contributed by atoms with E-state index in [2.05, 4.69) is 16.4 Å². The van der Waals surface area contributed by atoms with E-state index in [9.17, 15) is 5.26 Å². The van der Waals surface area contributed by atoms with Crippen molar-refractivity contribution in [3.63, 3.8) is 0 Å². The molecule has 0 saturated carbocycles. The number of halogens is 2. The molecule has 7 heteroatoms. The predicted octanol–water partition coefficient (Wildman–Crippen LogP) is 3.37. The Labute approximate surface area is 150 Å². The van der Waals surface area contributed by atoms with E-state index in [-0.39, 0.29) is 12.2 Å². The van der Waals surface area contributed by atoms with E-state index < -0.39 is 0 Å². The Balaban J connectivity index is 1.90. The molecule has 0 unspecified atom stereocenters. The molecule has 0 spiro atoms. The minimum Gasteiger partial charge on any atom is -0.469 e. The smallest absolute Gasteiger partial charge is 0.232 e. The first-order valence-electron chi connectivity index (χ1n) is 7.48. The van der Waals surface area contributed by atoms with Crippen molar-refractivity contribution in [2.45, 2.75) is 12.2 Å². The molecular weight excluding hydrogens is 349 g/mol. The zero-order valence-corrected chi connectivity index (χ0v) is 14.2. The van der Waals surface area contributed by atoms with Gasteiger partial charge < -0.3 is 14.8 Å². The molecule has 2 atom stereocenters. The van der Waals surface area contributed by atoms with Crippen molar-refractivity contribution in [3.05, 3.63) is 57.7 Å². The molecule has 1 aliphatic rings. The summed E-state index contributed by atoms with van der Waals surface area (Å²) < 4.78 is 11.9. The first-order chi connectivity index (χ1) is 11.7. The Hall–Kier alpha value is -1.84. The van der Waals surface area contributed by atoms with Crippen molar-refractivity contribution < 1.29 is 9.47 Å². The van der Waals surface area contributed by atoms with E-state index in [0.717, 1.165) is 5.56 Å². The summed E-state index contributed by atoms with van der Waals surface area (Å²) in [6, 6.07) is 10.8. The molecule has 1 fully saturated rings. The van der Waals surface area contributed by atoms with Gasteiger partial charge in [-0.1, -0.05) is 29.3 Å². The Morgan fingerprint density at radius 3 is 2.96 bits per heavy atom. The predicted molar refractivity (Wildman–Crippen MR) is 91.4 cm³/mol. The summed E-state index contributed by atoms with van der Waals surface area (Å²) in [4.78, 5) is 4.16. The average Bonchev–Trinajstić information content (AvgIpc) is 2.83. The standard InChI is InChI=1S/C17H15Cl2N3O2/c18-13-4-3-11(8-14(13)19)16-15(10-21-6-7-23-16)24-17-12(9-20)2-1-5-22-17/h1-5,8,15-16,21H,6-7,10H2/t15-,16+/m0/s1. The zero-order valence-electron chi connectivity index (χ0n) is 12.7. The second-order valence-corrected chi connectivity index (χ2v) is 6.11. The highest BCUT2D eigenvalue weighted by atomic mass is 35.5. The number of hydrogen-bond acceptors (Lipinski definition) is 5. The summed E-state index contributed by atoms with van der Waals surface area (Å²) in [5.74, 6) is 0.294. The number of nitrogens with zero attached hydrogens (tertiary/aromatic N) is 2. The van der Waals surface area contributed by atoms with Crippen LogP contribution in [0.25, 0.3) is 0 Å². The van der Waals surface area contributed by atoms with Crippen molar-refractivity contribution in [3.8, 4) is 11.9 Å². The van der Waals surface area contributed by atoms with Crippen LogP contribution in [0.2, 0.25) is 10.0 Å². The number of hydrogen-bond donors (Lipinski definition) is 1. The van der Waals surface area contributed by atoms with Crippen LogP contribution in [-0.2, 0) is 4.74 Å². The monoisotopic (exact) mass is 363 g/mol. The highest BCUT2D eigenvalue weighted by molar-refractivity contribution is 6.42. The highest BCUT2D eigenvalue weighted by Crippen LogP contribution is 2.31. The summed E-state index contributed by atoms with van der Waals surface area (Å²) in [7, 11) is 0. The molecule has 2 heterocycles. The number of ether oxygens (including phenoxy) is 2. The van der Waals surface area contributed by atoms with Crippen molar-refractivity contribution in [1.29, 1.82) is 5.26 Å². The molecule has 1 aromatic heterocycles. The molecule has 24 heavy (non-hydrogen) atoms. The summed E-state index contributed by atoms with van der Waals surface area (Å²) in [5.41, 5.74) is 1.25. The Morgan fingerprint density at radius 1 is 1.29 bits per heavy atom. The van der Waals surface area contributed by atoms with Gasteiger partial charge in [0.2, 0.25) is 5.88 Å². The van der Waals surface area contributed by atoms with Gasteiger partial charge in [-0.05, 0) is 29.8 Å². The Bertz CT molecular complexity index is 764. The summed E-state index contributed by atoms with van der Waals surface area (Å²) in [6.07, 6.45) is 0.894. The van der Waals surface area contributed by atoms with Crippen LogP contribution in [0.15, 0.2) is 36.5 Å². The van der Waals surface area contributed by atoms with Crippen LogP contribution >= 0.6 is 23.2 Å². The normalized spacial score (nSPS) is 20.9. The van der Waals surface area contributed by atoms with Gasteiger partial charge in [0.05, 0.1) is 16.7 Å². The van der Waals surface area contributed by atoms with Crippen LogP contribution in [0.4, 0.5) is 0 Å². The van der Waals surface area contributed by atoms with Gasteiger partial charge in [-0.2, -0.15) is 5.26 Å². The highest BCUT2D eigenvalue weighted by Gasteiger charge is 2.29. The van der Waals surface area contributed by atoms with E-state index in [1.807, 2.05) is 6.07 Å². The van der Waals surface area contributed by atoms with Crippen LogP contribution in [0, 0.1) is 11.3 Å². The first kappa shape index (κ1) is 17.0. The van der Waals surface area contributed by atoms with Crippen molar-refractivity contribution >= 4 is 23.2 Å². The molecule has 1 aromatic carbocycles. The molecular formula is C17H15Cl2N3O2. The van der Waals surface area contributed by atoms with Gasteiger partial charge in [0.25, 0.3) is 0 Å². The molecule has 0 radical (unpaired) electrons. The minimum atomic E-state index is -0.355. The van der Waals surface area contributed by atoms with Gasteiger partial charge in [-0.3, -0.25) is 0 Å². The van der Waals surface area contributed by atoms with E-state index in [1.165, 1.54) is 0 Å². The van der Waals surface area contributed by atoms with Crippen LogP contribution in [0.1, 0.15) is 17.2 Å². The van der Waals surface area contributed by atoms with E-state index in [0.29, 0.717) is 41.2 Å². The van der Waals surface area contributed by atoms with Gasteiger partial charge in [-0.25, -0.2) is 4.98 Å². The van der Waals surface area contributed by atoms with Gasteiger partial charge in [0.15, 0.2) is 0 Å². The second kappa shape index (κ2) is 7.82. The molecule has 1 N–H and O–H groups in total. The van der Waals surface area contributed by atoms with E-state index >= 15 is 0 Å². The van der Waals surface area contributed by atoms with Gasteiger partial charge >= 0.3 is 0 Å². The molecule has 0 aliphatic carbocycles. The van der Waals surface area contributed by atoms with Crippen molar-refractivity contribution in [2.24, 2.45) is 0 Å². The lowest BCUT2D eigenvalue weighted by molar-refractivity contribution is -0.0101. The maximum atomic E-state index is 9.20. The van der Waals surface area contributed by atoms with E-state index in [4.69, 9.17) is 32.7 Å². The Kier molecular flexibility index (Phi) is 5.54. The first-order valence-corrected chi connectivity index (χ1v) is 8.23. The summed E-state index contributed by atoms with van der Waals surface area (Å²) >= 11 is 12.1. The minimum absolute atomic E-state index is 0.294. The fourth-order valence-corrected chi connectivity index (χ4v) is 2.84. The van der Waals surface area contributed by atoms with Gasteiger partial charge in [0.1, 0.15) is 23.8 Å². The lowest BCUT2D eigenvalue weighted by Crippen LogP contribution is -2.34. The molecule has 124 valence electrons. The van der Waals surface area contributed by atoms with Crippen LogP contribution in [-0.4, -0.2) is 30.8 Å². The molecule has 0 bridgehead atoms. The van der Waals surface area contributed by atoms with Crippen molar-refractivity contribution in [2.75, 3.05) is 19.7 Å². The quantitative estimate of drug-likeness (QED) is 0.905. The molecule has 5 nitrogen and oxygen atoms in total. The number of nitriles is 1. The summed E-state index contributed by atoms with van der Waals surface area (Å²) in [5, 5.41) is 13.4. The Morgan fingerprint density at radius 2 is 2.17 bits per heavy atom. The molecule has 1 aliphatic heterocycles. The third kappa shape index (κ3) is 3.80. The van der Waals surface area contributed by atoms with Gasteiger partial charge in [-0.15, -0.1) is 0 Å². The molecule has 3 rings (SSSR count). The fourth-order valence-electron chi connectivity index (χ4n) is 2.53. The lowest BCUT2D eigenvalue weighted by atomic mass is 10.0. The second-order valence-electron chi connectivity index (χ2n) is 5.29. The molecule has 2 aromatic rings. The van der Waals surface area contributed by atoms with Gasteiger partial charge in [0, 0.05) is 19.3 Å². The van der Waals surface area contributed by atoms with Crippen LogP contribution < -0.4 is 10.1 Å². The lowest BCUT2D eigenvalue weighted by Gasteiger charge is -2.26. The number of aromatic nitrogens is 1. The maximum Gasteiger partial charge on any atom is 0.232 e. The topological polar surface area (TPSA) is 67.2 Å². The van der Waals surface area contributed by atoms with E-state index in [1.54, 1.807) is 30.5 Å². The average molecular weight is 364 g/mol. The number of rotatable bonds is 3. The maximum absolute atomic E-state index is 9.20. The fraction of sp³-hybridized carbons (Fsp3) is 0.294. The third-order valence-corrected chi connectivity index (χ3v) is 4.43.